The minimum Gasteiger partial charge on any atom is -0.314 e. The normalized spacial score (nSPS) is 23.9. The van der Waals surface area contributed by atoms with Crippen LogP contribution in [0.5, 0.6) is 0 Å². The smallest absolute Gasteiger partial charge is 0.0225 e. The second kappa shape index (κ2) is 8.40. The molecule has 0 aromatic heterocycles. The molecule has 3 atom stereocenters. The number of hydrogen-bond acceptors (Lipinski definition) is 3. The summed E-state index contributed by atoms with van der Waals surface area (Å²) in [5.41, 5.74) is 7.97. The molecule has 3 heteroatoms. The Hall–Kier alpha value is -0.900. The number of hydrogen-bond donors (Lipinski definition) is 3. The molecule has 2 rings (SSSR count). The monoisotopic (exact) mass is 275 g/mol. The molecule has 1 saturated heterocycles. The molecule has 20 heavy (non-hydrogen) atoms. The fraction of sp³-hybridized carbons (Fsp3) is 0.647. The van der Waals surface area contributed by atoms with Gasteiger partial charge in [0.15, 0.2) is 0 Å². The predicted molar refractivity (Wildman–Crippen MR) is 85.6 cm³/mol. The van der Waals surface area contributed by atoms with E-state index in [2.05, 4.69) is 60.3 Å². The van der Waals surface area contributed by atoms with E-state index in [0.717, 1.165) is 19.0 Å². The highest BCUT2D eigenvalue weighted by molar-refractivity contribution is 5.14. The summed E-state index contributed by atoms with van der Waals surface area (Å²) in [5, 5.41) is 3.65. The molecule has 0 bridgehead atoms. The molecule has 0 amide bonds. The van der Waals surface area contributed by atoms with Gasteiger partial charge in [0.25, 0.3) is 0 Å². The lowest BCUT2D eigenvalue weighted by atomic mass is 9.98. The van der Waals surface area contributed by atoms with Gasteiger partial charge < -0.3 is 5.32 Å². The molecule has 0 spiro atoms. The topological polar surface area (TPSA) is 36.1 Å². The Morgan fingerprint density at radius 3 is 2.80 bits per heavy atom. The van der Waals surface area contributed by atoms with Crippen molar-refractivity contribution in [3.05, 3.63) is 35.9 Å². The SMILES string of the molecule is CC(CCc1ccccc1)NCCCC1CNNC1C. The zero-order valence-electron chi connectivity index (χ0n) is 12.9. The fourth-order valence-corrected chi connectivity index (χ4v) is 2.84. The van der Waals surface area contributed by atoms with Crippen LogP contribution in [0.15, 0.2) is 30.3 Å². The molecule has 1 fully saturated rings. The first-order chi connectivity index (χ1) is 9.75. The van der Waals surface area contributed by atoms with Crippen molar-refractivity contribution in [2.75, 3.05) is 13.1 Å². The van der Waals surface area contributed by atoms with E-state index in [4.69, 9.17) is 0 Å². The maximum Gasteiger partial charge on any atom is 0.0225 e. The van der Waals surface area contributed by atoms with Gasteiger partial charge in [0, 0.05) is 18.6 Å². The van der Waals surface area contributed by atoms with Gasteiger partial charge in [-0.2, -0.15) is 0 Å². The van der Waals surface area contributed by atoms with E-state index in [1.165, 1.54) is 31.2 Å². The molecule has 1 aliphatic rings. The average Bonchev–Trinajstić information content (AvgIpc) is 2.88. The van der Waals surface area contributed by atoms with Crippen LogP contribution < -0.4 is 16.2 Å². The Bertz CT molecular complexity index is 366. The number of nitrogens with one attached hydrogen (secondary N) is 3. The first-order valence-corrected chi connectivity index (χ1v) is 8.01. The van der Waals surface area contributed by atoms with Crippen LogP contribution in [0, 0.1) is 5.92 Å². The molecule has 0 radical (unpaired) electrons. The Labute approximate surface area is 123 Å². The summed E-state index contributed by atoms with van der Waals surface area (Å²) >= 11 is 0. The zero-order chi connectivity index (χ0) is 14.2. The largest absolute Gasteiger partial charge is 0.314 e. The molecule has 1 heterocycles. The van der Waals surface area contributed by atoms with Crippen molar-refractivity contribution < 1.29 is 0 Å². The van der Waals surface area contributed by atoms with Gasteiger partial charge in [-0.3, -0.25) is 10.9 Å². The maximum absolute atomic E-state index is 3.65. The summed E-state index contributed by atoms with van der Waals surface area (Å²) in [7, 11) is 0. The standard InChI is InChI=1S/C17H29N3/c1-14(10-11-16-7-4-3-5-8-16)18-12-6-9-17-13-19-20-15(17)2/h3-5,7-8,14-15,17-20H,6,9-13H2,1-2H3. The van der Waals surface area contributed by atoms with Gasteiger partial charge in [-0.1, -0.05) is 30.3 Å². The van der Waals surface area contributed by atoms with E-state index in [0.29, 0.717) is 12.1 Å². The van der Waals surface area contributed by atoms with Gasteiger partial charge in [-0.25, -0.2) is 0 Å². The van der Waals surface area contributed by atoms with Crippen molar-refractivity contribution in [3.63, 3.8) is 0 Å². The van der Waals surface area contributed by atoms with E-state index < -0.39 is 0 Å². The van der Waals surface area contributed by atoms with Crippen molar-refractivity contribution in [2.45, 2.75) is 51.6 Å². The number of benzene rings is 1. The third kappa shape index (κ3) is 5.23. The lowest BCUT2D eigenvalue weighted by Gasteiger charge is -2.16. The van der Waals surface area contributed by atoms with Crippen LogP contribution in [0.4, 0.5) is 0 Å². The van der Waals surface area contributed by atoms with Crippen molar-refractivity contribution in [3.8, 4) is 0 Å². The zero-order valence-corrected chi connectivity index (χ0v) is 12.9. The van der Waals surface area contributed by atoms with Crippen LogP contribution in [0.25, 0.3) is 0 Å². The van der Waals surface area contributed by atoms with Gasteiger partial charge >= 0.3 is 0 Å². The molecular formula is C17H29N3. The van der Waals surface area contributed by atoms with E-state index in [9.17, 15) is 0 Å². The molecule has 3 unspecified atom stereocenters. The van der Waals surface area contributed by atoms with Crippen LogP contribution in [0.1, 0.15) is 38.7 Å². The summed E-state index contributed by atoms with van der Waals surface area (Å²) < 4.78 is 0. The van der Waals surface area contributed by atoms with E-state index >= 15 is 0 Å². The molecule has 1 aliphatic heterocycles. The molecule has 3 nitrogen and oxygen atoms in total. The summed E-state index contributed by atoms with van der Waals surface area (Å²) in [6, 6.07) is 12.0. The van der Waals surface area contributed by atoms with Gasteiger partial charge in [0.05, 0.1) is 0 Å². The first-order valence-electron chi connectivity index (χ1n) is 8.01. The first kappa shape index (κ1) is 15.5. The molecule has 1 aromatic rings. The van der Waals surface area contributed by atoms with E-state index in [1.807, 2.05) is 0 Å². The maximum atomic E-state index is 3.65. The minimum atomic E-state index is 0.604. The average molecular weight is 275 g/mol. The molecule has 1 aromatic carbocycles. The van der Waals surface area contributed by atoms with E-state index in [-0.39, 0.29) is 0 Å². The Morgan fingerprint density at radius 1 is 1.30 bits per heavy atom. The van der Waals surface area contributed by atoms with Gasteiger partial charge in [-0.15, -0.1) is 0 Å². The van der Waals surface area contributed by atoms with Crippen molar-refractivity contribution >= 4 is 0 Å². The lowest BCUT2D eigenvalue weighted by molar-refractivity contribution is 0.424. The third-order valence-corrected chi connectivity index (χ3v) is 4.35. The molecule has 0 saturated carbocycles. The minimum absolute atomic E-state index is 0.604. The van der Waals surface area contributed by atoms with E-state index in [1.54, 1.807) is 0 Å². The second-order valence-electron chi connectivity index (χ2n) is 6.10. The van der Waals surface area contributed by atoms with Crippen LogP contribution >= 0.6 is 0 Å². The highest BCUT2D eigenvalue weighted by Crippen LogP contribution is 2.13. The highest BCUT2D eigenvalue weighted by atomic mass is 15.4. The third-order valence-electron chi connectivity index (χ3n) is 4.35. The van der Waals surface area contributed by atoms with Gasteiger partial charge in [0.1, 0.15) is 0 Å². The van der Waals surface area contributed by atoms with Crippen LogP contribution in [0.2, 0.25) is 0 Å². The molecule has 3 N–H and O–H groups in total. The molecular weight excluding hydrogens is 246 g/mol. The van der Waals surface area contributed by atoms with Crippen molar-refractivity contribution in [1.82, 2.24) is 16.2 Å². The van der Waals surface area contributed by atoms with Gasteiger partial charge in [0.2, 0.25) is 0 Å². The number of rotatable bonds is 8. The summed E-state index contributed by atoms with van der Waals surface area (Å²) in [5.74, 6) is 0.788. The summed E-state index contributed by atoms with van der Waals surface area (Å²) in [6.45, 7) is 6.81. The quantitative estimate of drug-likeness (QED) is 0.638. The summed E-state index contributed by atoms with van der Waals surface area (Å²) in [4.78, 5) is 0. The van der Waals surface area contributed by atoms with Crippen LogP contribution in [-0.4, -0.2) is 25.2 Å². The predicted octanol–water partition coefficient (Wildman–Crippen LogP) is 2.49. The van der Waals surface area contributed by atoms with Crippen molar-refractivity contribution in [1.29, 1.82) is 0 Å². The van der Waals surface area contributed by atoms with Gasteiger partial charge in [-0.05, 0) is 57.6 Å². The Balaban J connectivity index is 1.53. The lowest BCUT2D eigenvalue weighted by Crippen LogP contribution is -2.29. The van der Waals surface area contributed by atoms with Crippen molar-refractivity contribution in [2.24, 2.45) is 5.92 Å². The second-order valence-corrected chi connectivity index (χ2v) is 6.10. The molecule has 112 valence electrons. The molecule has 0 aliphatic carbocycles. The Morgan fingerprint density at radius 2 is 2.10 bits per heavy atom. The highest BCUT2D eigenvalue weighted by Gasteiger charge is 2.21. The number of aryl methyl sites for hydroxylation is 1. The Kier molecular flexibility index (Phi) is 6.51. The summed E-state index contributed by atoms with van der Waals surface area (Å²) in [6.07, 6.45) is 4.96. The van der Waals surface area contributed by atoms with Crippen LogP contribution in [-0.2, 0) is 6.42 Å². The number of hydrazine groups is 1. The van der Waals surface area contributed by atoms with Crippen LogP contribution in [0.3, 0.4) is 0 Å². The fourth-order valence-electron chi connectivity index (χ4n) is 2.84.